The van der Waals surface area contributed by atoms with Crippen molar-refractivity contribution in [3.05, 3.63) is 12.2 Å². The third kappa shape index (κ3) is 8.26. The lowest BCUT2D eigenvalue weighted by Crippen LogP contribution is -2.43. The number of imide groups is 1. The summed E-state index contributed by atoms with van der Waals surface area (Å²) in [6.07, 6.45) is 0. The Bertz CT molecular complexity index is 267. The van der Waals surface area contributed by atoms with E-state index in [1.165, 1.54) is 6.92 Å². The smallest absolute Gasteiger partial charge is 0.321 e. The third-order valence-corrected chi connectivity index (χ3v) is 1.68. The predicted octanol–water partition coefficient (Wildman–Crippen LogP) is 1.03. The third-order valence-electron chi connectivity index (χ3n) is 1.48. The quantitative estimate of drug-likeness (QED) is 0.419. The molecule has 1 unspecified atom stereocenters. The highest BCUT2D eigenvalue weighted by molar-refractivity contribution is 6.31. The van der Waals surface area contributed by atoms with Crippen LogP contribution in [-0.4, -0.2) is 37.1 Å². The molecule has 16 heavy (non-hydrogen) atoms. The van der Waals surface area contributed by atoms with Crippen LogP contribution in [-0.2, 0) is 9.53 Å². The highest BCUT2D eigenvalue weighted by Crippen LogP contribution is 1.91. The van der Waals surface area contributed by atoms with Crippen molar-refractivity contribution in [2.24, 2.45) is 0 Å². The Labute approximate surface area is 100 Å². The Kier molecular flexibility index (Phi) is 7.58. The molecule has 1 atom stereocenters. The SMILES string of the molecule is C=C(C)COCCNC(=O)NC(=O)C(C)Cl. The van der Waals surface area contributed by atoms with Crippen molar-refractivity contribution >= 4 is 23.5 Å². The molecule has 0 aliphatic rings. The molecule has 5 nitrogen and oxygen atoms in total. The Morgan fingerprint density at radius 1 is 1.50 bits per heavy atom. The van der Waals surface area contributed by atoms with Crippen molar-refractivity contribution in [1.82, 2.24) is 10.6 Å². The van der Waals surface area contributed by atoms with Crippen LogP contribution in [0.25, 0.3) is 0 Å². The zero-order valence-corrected chi connectivity index (χ0v) is 10.3. The van der Waals surface area contributed by atoms with Crippen molar-refractivity contribution in [2.75, 3.05) is 19.8 Å². The van der Waals surface area contributed by atoms with Crippen LogP contribution >= 0.6 is 11.6 Å². The van der Waals surface area contributed by atoms with Crippen molar-refractivity contribution in [3.63, 3.8) is 0 Å². The van der Waals surface area contributed by atoms with Gasteiger partial charge in [-0.2, -0.15) is 0 Å². The molecule has 3 amide bonds. The van der Waals surface area contributed by atoms with Crippen molar-refractivity contribution in [1.29, 1.82) is 0 Å². The number of nitrogens with one attached hydrogen (secondary N) is 2. The van der Waals surface area contributed by atoms with Crippen molar-refractivity contribution < 1.29 is 14.3 Å². The number of halogens is 1. The van der Waals surface area contributed by atoms with Gasteiger partial charge in [0.05, 0.1) is 13.2 Å². The molecule has 6 heteroatoms. The summed E-state index contributed by atoms with van der Waals surface area (Å²) in [5.74, 6) is -0.526. The Hall–Kier alpha value is -1.07. The summed E-state index contributed by atoms with van der Waals surface area (Å²) in [6.45, 7) is 8.14. The topological polar surface area (TPSA) is 67.4 Å². The highest BCUT2D eigenvalue weighted by atomic mass is 35.5. The second-order valence-electron chi connectivity index (χ2n) is 3.37. The van der Waals surface area contributed by atoms with Gasteiger partial charge in [-0.05, 0) is 13.8 Å². The molecular formula is C10H17ClN2O3. The van der Waals surface area contributed by atoms with Crippen molar-refractivity contribution in [2.45, 2.75) is 19.2 Å². The zero-order valence-electron chi connectivity index (χ0n) is 9.51. The lowest BCUT2D eigenvalue weighted by molar-refractivity contribution is -0.119. The van der Waals surface area contributed by atoms with Crippen LogP contribution in [0.1, 0.15) is 13.8 Å². The molecule has 0 bridgehead atoms. The molecule has 0 saturated carbocycles. The van der Waals surface area contributed by atoms with Gasteiger partial charge in [-0.1, -0.05) is 12.2 Å². The van der Waals surface area contributed by atoms with Crippen LogP contribution in [0.4, 0.5) is 4.79 Å². The molecule has 92 valence electrons. The molecular weight excluding hydrogens is 232 g/mol. The number of urea groups is 1. The number of alkyl halides is 1. The van der Waals surface area contributed by atoms with Crippen LogP contribution in [0.3, 0.4) is 0 Å². The van der Waals surface area contributed by atoms with Crippen LogP contribution in [0, 0.1) is 0 Å². The zero-order chi connectivity index (χ0) is 12.6. The normalized spacial score (nSPS) is 11.7. The first-order valence-corrected chi connectivity index (χ1v) is 5.32. The average Bonchev–Trinajstić information content (AvgIpc) is 2.16. The van der Waals surface area contributed by atoms with Gasteiger partial charge in [-0.15, -0.1) is 11.6 Å². The Morgan fingerprint density at radius 2 is 2.12 bits per heavy atom. The molecule has 0 aromatic heterocycles. The van der Waals surface area contributed by atoms with Gasteiger partial charge in [0.1, 0.15) is 5.38 Å². The van der Waals surface area contributed by atoms with E-state index in [2.05, 4.69) is 17.2 Å². The fourth-order valence-corrected chi connectivity index (χ4v) is 0.793. The van der Waals surface area contributed by atoms with Gasteiger partial charge in [0.25, 0.3) is 0 Å². The summed E-state index contributed by atoms with van der Waals surface area (Å²) >= 11 is 5.46. The largest absolute Gasteiger partial charge is 0.375 e. The van der Waals surface area contributed by atoms with E-state index in [1.807, 2.05) is 6.92 Å². The summed E-state index contributed by atoms with van der Waals surface area (Å²) in [7, 11) is 0. The molecule has 0 aromatic rings. The van der Waals surface area contributed by atoms with E-state index in [4.69, 9.17) is 16.3 Å². The molecule has 0 heterocycles. The van der Waals surface area contributed by atoms with E-state index < -0.39 is 17.3 Å². The lowest BCUT2D eigenvalue weighted by atomic mass is 10.4. The molecule has 2 N–H and O–H groups in total. The average molecular weight is 249 g/mol. The first-order chi connectivity index (χ1) is 7.43. The van der Waals surface area contributed by atoms with E-state index in [0.29, 0.717) is 19.8 Å². The number of rotatable bonds is 6. The maximum Gasteiger partial charge on any atom is 0.321 e. The molecule has 0 rings (SSSR count). The van der Waals surface area contributed by atoms with Crippen LogP contribution < -0.4 is 10.6 Å². The minimum absolute atomic E-state index is 0.322. The minimum atomic E-state index is -0.731. The Balaban J connectivity index is 3.51. The van der Waals surface area contributed by atoms with Gasteiger partial charge >= 0.3 is 6.03 Å². The van der Waals surface area contributed by atoms with Gasteiger partial charge in [0.2, 0.25) is 5.91 Å². The van der Waals surface area contributed by atoms with Gasteiger partial charge < -0.3 is 10.1 Å². The number of hydrogen-bond donors (Lipinski definition) is 2. The first kappa shape index (κ1) is 14.9. The predicted molar refractivity (Wildman–Crippen MR) is 62.5 cm³/mol. The fourth-order valence-electron chi connectivity index (χ4n) is 0.739. The molecule has 0 aliphatic heterocycles. The summed E-state index contributed by atoms with van der Waals surface area (Å²) in [6, 6.07) is -0.573. The van der Waals surface area contributed by atoms with Gasteiger partial charge in [0.15, 0.2) is 0 Å². The lowest BCUT2D eigenvalue weighted by Gasteiger charge is -2.08. The number of carbonyl (C=O) groups is 2. The van der Waals surface area contributed by atoms with E-state index in [0.717, 1.165) is 5.57 Å². The molecule has 0 radical (unpaired) electrons. The number of carbonyl (C=O) groups excluding carboxylic acids is 2. The monoisotopic (exact) mass is 248 g/mol. The van der Waals surface area contributed by atoms with E-state index in [1.54, 1.807) is 0 Å². The molecule has 0 spiro atoms. The number of hydrogen-bond acceptors (Lipinski definition) is 3. The molecule has 0 aliphatic carbocycles. The first-order valence-electron chi connectivity index (χ1n) is 4.88. The molecule has 0 aromatic carbocycles. The summed E-state index contributed by atoms with van der Waals surface area (Å²) < 4.78 is 5.14. The number of amides is 3. The van der Waals surface area contributed by atoms with Crippen LogP contribution in [0.5, 0.6) is 0 Å². The van der Waals surface area contributed by atoms with Gasteiger partial charge in [-0.25, -0.2) is 4.79 Å². The highest BCUT2D eigenvalue weighted by Gasteiger charge is 2.11. The summed E-state index contributed by atoms with van der Waals surface area (Å²) in [4.78, 5) is 22.1. The van der Waals surface area contributed by atoms with E-state index in [-0.39, 0.29) is 0 Å². The van der Waals surface area contributed by atoms with Crippen LogP contribution in [0.15, 0.2) is 12.2 Å². The van der Waals surface area contributed by atoms with Crippen molar-refractivity contribution in [3.8, 4) is 0 Å². The maximum atomic E-state index is 11.1. The second-order valence-corrected chi connectivity index (χ2v) is 4.03. The summed E-state index contributed by atoms with van der Waals surface area (Å²) in [5.41, 5.74) is 0.913. The minimum Gasteiger partial charge on any atom is -0.375 e. The van der Waals surface area contributed by atoms with E-state index >= 15 is 0 Å². The summed E-state index contributed by atoms with van der Waals surface area (Å²) in [5, 5.41) is 3.81. The molecule has 0 saturated heterocycles. The van der Waals surface area contributed by atoms with E-state index in [9.17, 15) is 9.59 Å². The Morgan fingerprint density at radius 3 is 2.62 bits per heavy atom. The van der Waals surface area contributed by atoms with Gasteiger partial charge in [-0.3, -0.25) is 10.1 Å². The number of ether oxygens (including phenoxy) is 1. The maximum absolute atomic E-state index is 11.1. The molecule has 0 fully saturated rings. The second kappa shape index (κ2) is 8.13. The fraction of sp³-hybridized carbons (Fsp3) is 0.600. The van der Waals surface area contributed by atoms with Gasteiger partial charge in [0, 0.05) is 6.54 Å². The van der Waals surface area contributed by atoms with Crippen LogP contribution in [0.2, 0.25) is 0 Å². The standard InChI is InChI=1S/C10H17ClN2O3/c1-7(2)6-16-5-4-12-10(15)13-9(14)8(3)11/h8H,1,4-6H2,2-3H3,(H2,12,13,14,15).